The van der Waals surface area contributed by atoms with Crippen LogP contribution in [0.15, 0.2) is 29.1 Å². The number of nitrogens with two attached hydrogens (primary N) is 1. The highest BCUT2D eigenvalue weighted by molar-refractivity contribution is 6.30. The number of halogens is 1. The number of rotatable bonds is 3. The molecule has 0 saturated heterocycles. The van der Waals surface area contributed by atoms with Crippen molar-refractivity contribution in [2.75, 3.05) is 5.73 Å². The van der Waals surface area contributed by atoms with E-state index < -0.39 is 0 Å². The van der Waals surface area contributed by atoms with Gasteiger partial charge in [0.2, 0.25) is 0 Å². The Balaban J connectivity index is 2.44. The molecule has 96 valence electrons. The van der Waals surface area contributed by atoms with Crippen molar-refractivity contribution in [1.29, 1.82) is 0 Å². The standard InChI is InChI=1S/C13H16ClN3O/c1-3-11-12(15)13(18)17(16(11)2)8-9-5-4-6-10(14)7-9/h4-7H,3,8,15H2,1-2H3. The number of hydrogen-bond acceptors (Lipinski definition) is 2. The molecule has 0 spiro atoms. The number of hydrogen-bond donors (Lipinski definition) is 1. The molecule has 18 heavy (non-hydrogen) atoms. The molecule has 5 heteroatoms. The molecule has 0 aliphatic rings. The van der Waals surface area contributed by atoms with Gasteiger partial charge in [0.25, 0.3) is 5.56 Å². The molecule has 0 amide bonds. The van der Waals surface area contributed by atoms with Crippen LogP contribution in [0.1, 0.15) is 18.2 Å². The Bertz CT molecular complexity index is 628. The maximum Gasteiger partial charge on any atom is 0.290 e. The van der Waals surface area contributed by atoms with Gasteiger partial charge in [0.1, 0.15) is 5.69 Å². The molecule has 0 aliphatic carbocycles. The predicted octanol–water partition coefficient (Wildman–Crippen LogP) is 2.03. The Kier molecular flexibility index (Phi) is 3.48. The zero-order valence-electron chi connectivity index (χ0n) is 10.5. The smallest absolute Gasteiger partial charge is 0.290 e. The second-order valence-electron chi connectivity index (χ2n) is 4.23. The molecule has 2 rings (SSSR count). The third-order valence-electron chi connectivity index (χ3n) is 3.08. The van der Waals surface area contributed by atoms with Crippen molar-refractivity contribution in [3.63, 3.8) is 0 Å². The van der Waals surface area contributed by atoms with E-state index in [1.807, 2.05) is 42.9 Å². The second-order valence-corrected chi connectivity index (χ2v) is 4.67. The highest BCUT2D eigenvalue weighted by atomic mass is 35.5. The van der Waals surface area contributed by atoms with Crippen molar-refractivity contribution in [2.24, 2.45) is 7.05 Å². The molecular formula is C13H16ClN3O. The fourth-order valence-electron chi connectivity index (χ4n) is 2.12. The third kappa shape index (κ3) is 2.16. The average molecular weight is 266 g/mol. The fraction of sp³-hybridized carbons (Fsp3) is 0.308. The Morgan fingerprint density at radius 1 is 1.39 bits per heavy atom. The lowest BCUT2D eigenvalue weighted by atomic mass is 10.2. The minimum absolute atomic E-state index is 0.144. The first kappa shape index (κ1) is 12.8. The zero-order valence-corrected chi connectivity index (χ0v) is 11.2. The van der Waals surface area contributed by atoms with E-state index in [1.165, 1.54) is 0 Å². The summed E-state index contributed by atoms with van der Waals surface area (Å²) in [5.74, 6) is 0. The van der Waals surface area contributed by atoms with E-state index in [-0.39, 0.29) is 5.56 Å². The lowest BCUT2D eigenvalue weighted by Gasteiger charge is -2.09. The van der Waals surface area contributed by atoms with Gasteiger partial charge in [0.15, 0.2) is 0 Å². The van der Waals surface area contributed by atoms with Gasteiger partial charge >= 0.3 is 0 Å². The minimum atomic E-state index is -0.144. The first-order valence-electron chi connectivity index (χ1n) is 5.83. The summed E-state index contributed by atoms with van der Waals surface area (Å²) in [6.07, 6.45) is 0.736. The topological polar surface area (TPSA) is 53.0 Å². The Labute approximate surface area is 111 Å². The molecule has 1 heterocycles. The van der Waals surface area contributed by atoms with Crippen LogP contribution in [0.3, 0.4) is 0 Å². The molecule has 2 N–H and O–H groups in total. The van der Waals surface area contributed by atoms with Crippen molar-refractivity contribution in [1.82, 2.24) is 9.36 Å². The number of anilines is 1. The van der Waals surface area contributed by atoms with E-state index in [0.717, 1.165) is 17.7 Å². The van der Waals surface area contributed by atoms with Crippen LogP contribution in [0.4, 0.5) is 5.69 Å². The highest BCUT2D eigenvalue weighted by Crippen LogP contribution is 2.13. The lowest BCUT2D eigenvalue weighted by molar-refractivity contribution is 0.520. The summed E-state index contributed by atoms with van der Waals surface area (Å²) in [5.41, 5.74) is 7.85. The Hall–Kier alpha value is -1.68. The summed E-state index contributed by atoms with van der Waals surface area (Å²) in [6, 6.07) is 7.47. The predicted molar refractivity (Wildman–Crippen MR) is 74.0 cm³/mol. The van der Waals surface area contributed by atoms with Crippen LogP contribution in [0, 0.1) is 0 Å². The van der Waals surface area contributed by atoms with E-state index in [2.05, 4.69) is 0 Å². The van der Waals surface area contributed by atoms with Crippen molar-refractivity contribution in [3.05, 3.63) is 50.9 Å². The highest BCUT2D eigenvalue weighted by Gasteiger charge is 2.13. The molecule has 0 radical (unpaired) electrons. The molecular weight excluding hydrogens is 250 g/mol. The van der Waals surface area contributed by atoms with E-state index in [0.29, 0.717) is 17.3 Å². The Morgan fingerprint density at radius 3 is 2.67 bits per heavy atom. The Morgan fingerprint density at radius 2 is 2.11 bits per heavy atom. The van der Waals surface area contributed by atoms with Crippen molar-refractivity contribution < 1.29 is 0 Å². The van der Waals surface area contributed by atoms with E-state index >= 15 is 0 Å². The zero-order chi connectivity index (χ0) is 13.3. The molecule has 0 unspecified atom stereocenters. The summed E-state index contributed by atoms with van der Waals surface area (Å²) in [6.45, 7) is 2.45. The van der Waals surface area contributed by atoms with Crippen LogP contribution in [0.2, 0.25) is 5.02 Å². The van der Waals surface area contributed by atoms with Crippen LogP contribution in [0.5, 0.6) is 0 Å². The van der Waals surface area contributed by atoms with Crippen LogP contribution in [-0.2, 0) is 20.0 Å². The van der Waals surface area contributed by atoms with E-state index in [9.17, 15) is 4.79 Å². The summed E-state index contributed by atoms with van der Waals surface area (Å²) < 4.78 is 3.44. The van der Waals surface area contributed by atoms with Crippen LogP contribution in [0.25, 0.3) is 0 Å². The molecule has 4 nitrogen and oxygen atoms in total. The quantitative estimate of drug-likeness (QED) is 0.923. The molecule has 0 saturated carbocycles. The number of aromatic nitrogens is 2. The van der Waals surface area contributed by atoms with Crippen molar-refractivity contribution in [2.45, 2.75) is 19.9 Å². The van der Waals surface area contributed by atoms with Crippen molar-refractivity contribution in [3.8, 4) is 0 Å². The van der Waals surface area contributed by atoms with E-state index in [1.54, 1.807) is 4.68 Å². The average Bonchev–Trinajstić information content (AvgIpc) is 2.53. The summed E-state index contributed by atoms with van der Waals surface area (Å²) in [7, 11) is 1.85. The fourth-order valence-corrected chi connectivity index (χ4v) is 2.34. The van der Waals surface area contributed by atoms with Gasteiger partial charge in [0.05, 0.1) is 12.2 Å². The van der Waals surface area contributed by atoms with Gasteiger partial charge in [-0.15, -0.1) is 0 Å². The number of nitrogens with zero attached hydrogens (tertiary/aromatic N) is 2. The third-order valence-corrected chi connectivity index (χ3v) is 3.32. The van der Waals surface area contributed by atoms with E-state index in [4.69, 9.17) is 17.3 Å². The lowest BCUT2D eigenvalue weighted by Crippen LogP contribution is -2.23. The van der Waals surface area contributed by atoms with Crippen LogP contribution < -0.4 is 11.3 Å². The molecule has 0 aliphatic heterocycles. The van der Waals surface area contributed by atoms with Crippen LogP contribution in [-0.4, -0.2) is 9.36 Å². The van der Waals surface area contributed by atoms with Crippen molar-refractivity contribution >= 4 is 17.3 Å². The molecule has 0 atom stereocenters. The molecule has 0 fully saturated rings. The monoisotopic (exact) mass is 265 g/mol. The van der Waals surface area contributed by atoms with Gasteiger partial charge in [-0.3, -0.25) is 9.48 Å². The molecule has 1 aromatic heterocycles. The second kappa shape index (κ2) is 4.90. The first-order valence-corrected chi connectivity index (χ1v) is 6.21. The summed E-state index contributed by atoms with van der Waals surface area (Å²) in [4.78, 5) is 12.0. The molecule has 0 bridgehead atoms. The van der Waals surface area contributed by atoms with Gasteiger partial charge in [-0.05, 0) is 24.1 Å². The minimum Gasteiger partial charge on any atom is -0.393 e. The number of nitrogen functional groups attached to an aromatic ring is 1. The molecule has 1 aromatic carbocycles. The van der Waals surface area contributed by atoms with Gasteiger partial charge in [-0.2, -0.15) is 0 Å². The maximum atomic E-state index is 12.0. The largest absolute Gasteiger partial charge is 0.393 e. The first-order chi connectivity index (χ1) is 8.54. The van der Waals surface area contributed by atoms with Crippen LogP contribution >= 0.6 is 11.6 Å². The SMILES string of the molecule is CCc1c(N)c(=O)n(Cc2cccc(Cl)c2)n1C. The maximum absolute atomic E-state index is 12.0. The normalized spacial score (nSPS) is 10.8. The van der Waals surface area contributed by atoms with Gasteiger partial charge in [-0.25, -0.2) is 4.68 Å². The van der Waals surface area contributed by atoms with Gasteiger partial charge < -0.3 is 5.73 Å². The summed E-state index contributed by atoms with van der Waals surface area (Å²) in [5, 5.41) is 0.665. The number of benzene rings is 1. The molecule has 2 aromatic rings. The van der Waals surface area contributed by atoms with Gasteiger partial charge in [0, 0.05) is 12.1 Å². The van der Waals surface area contributed by atoms with Gasteiger partial charge in [-0.1, -0.05) is 30.7 Å². The summed E-state index contributed by atoms with van der Waals surface area (Å²) >= 11 is 5.94.